The van der Waals surface area contributed by atoms with E-state index in [4.69, 9.17) is 0 Å². The maximum absolute atomic E-state index is 12.6. The van der Waals surface area contributed by atoms with E-state index in [2.05, 4.69) is 16.0 Å². The molecule has 2 saturated heterocycles. The summed E-state index contributed by atoms with van der Waals surface area (Å²) in [5, 5.41) is 19.2. The molecule has 2 aromatic rings. The Bertz CT molecular complexity index is 1110. The fourth-order valence-corrected chi connectivity index (χ4v) is 4.20. The number of hydrogen-bond acceptors (Lipinski definition) is 6. The second-order valence-corrected chi connectivity index (χ2v) is 8.42. The number of carbonyl (C=O) groups is 3. The molecule has 2 heterocycles. The van der Waals surface area contributed by atoms with Gasteiger partial charge in [0.15, 0.2) is 0 Å². The molecule has 2 aromatic carbocycles. The van der Waals surface area contributed by atoms with Crippen LogP contribution in [-0.2, 0) is 16.9 Å². The maximum atomic E-state index is 12.6. The number of imide groups is 1. The standard InChI is InChI=1S/C23H25N5O5/c1-23(21(30)25-22(31)26-23)17-8-5-15(6-9-17)14-24-20(29)16-7-10-18(19(13-16)28(32)33)27-11-3-2-4-12-27/h5-10,13H,2-4,11-12,14H2,1H3,(H,24,29)(H2,25,26,30,31)/t23-/m0/s1. The summed E-state index contributed by atoms with van der Waals surface area (Å²) < 4.78 is 0. The molecule has 3 N–H and O–H groups in total. The van der Waals surface area contributed by atoms with Crippen LogP contribution in [0.25, 0.3) is 0 Å². The Labute approximate surface area is 190 Å². The summed E-state index contributed by atoms with van der Waals surface area (Å²) in [6.07, 6.45) is 3.11. The number of urea groups is 1. The molecule has 0 radical (unpaired) electrons. The van der Waals surface area contributed by atoms with Crippen molar-refractivity contribution in [2.45, 2.75) is 38.3 Å². The van der Waals surface area contributed by atoms with Crippen molar-refractivity contribution < 1.29 is 19.3 Å². The number of carbonyl (C=O) groups excluding carboxylic acids is 3. The minimum atomic E-state index is -1.14. The van der Waals surface area contributed by atoms with Crippen LogP contribution in [0.15, 0.2) is 42.5 Å². The average Bonchev–Trinajstić information content (AvgIpc) is 3.09. The molecular formula is C23H25N5O5. The molecule has 2 aliphatic heterocycles. The SMILES string of the molecule is C[C@@]1(c2ccc(CNC(=O)c3ccc(N4CCCCC4)c([N+](=O)[O-])c3)cc2)NC(=O)NC1=O. The van der Waals surface area contributed by atoms with Gasteiger partial charge in [-0.2, -0.15) is 0 Å². The summed E-state index contributed by atoms with van der Waals surface area (Å²) >= 11 is 0. The number of benzene rings is 2. The van der Waals surface area contributed by atoms with Crippen molar-refractivity contribution in [3.8, 4) is 0 Å². The molecule has 0 unspecified atom stereocenters. The van der Waals surface area contributed by atoms with Crippen LogP contribution >= 0.6 is 0 Å². The van der Waals surface area contributed by atoms with Gasteiger partial charge in [-0.05, 0) is 49.4 Å². The van der Waals surface area contributed by atoms with Crippen LogP contribution in [0.4, 0.5) is 16.2 Å². The van der Waals surface area contributed by atoms with Crippen LogP contribution in [-0.4, -0.2) is 35.9 Å². The first-order valence-electron chi connectivity index (χ1n) is 10.8. The smallest absolute Gasteiger partial charge is 0.322 e. The summed E-state index contributed by atoms with van der Waals surface area (Å²) in [5.74, 6) is -0.843. The molecule has 33 heavy (non-hydrogen) atoms. The van der Waals surface area contributed by atoms with Gasteiger partial charge in [-0.1, -0.05) is 24.3 Å². The fraction of sp³-hybridized carbons (Fsp3) is 0.348. The third kappa shape index (κ3) is 4.50. The summed E-state index contributed by atoms with van der Waals surface area (Å²) in [6, 6.07) is 11.0. The zero-order chi connectivity index (χ0) is 23.6. The first kappa shape index (κ1) is 22.3. The minimum Gasteiger partial charge on any atom is -0.366 e. The zero-order valence-corrected chi connectivity index (χ0v) is 18.2. The van der Waals surface area contributed by atoms with Gasteiger partial charge in [-0.3, -0.25) is 25.0 Å². The third-order valence-electron chi connectivity index (χ3n) is 6.16. The van der Waals surface area contributed by atoms with Crippen LogP contribution in [0, 0.1) is 10.1 Å². The van der Waals surface area contributed by atoms with Crippen molar-refractivity contribution in [2.75, 3.05) is 18.0 Å². The van der Waals surface area contributed by atoms with Gasteiger partial charge >= 0.3 is 6.03 Å². The quantitative estimate of drug-likeness (QED) is 0.351. The number of rotatable bonds is 6. The summed E-state index contributed by atoms with van der Waals surface area (Å²) in [7, 11) is 0. The molecule has 4 amide bonds. The van der Waals surface area contributed by atoms with Gasteiger partial charge in [0.25, 0.3) is 17.5 Å². The Morgan fingerprint density at radius 2 is 1.82 bits per heavy atom. The Hall–Kier alpha value is -3.95. The van der Waals surface area contributed by atoms with Crippen molar-refractivity contribution in [2.24, 2.45) is 0 Å². The first-order valence-corrected chi connectivity index (χ1v) is 10.8. The lowest BCUT2D eigenvalue weighted by Gasteiger charge is -2.28. The lowest BCUT2D eigenvalue weighted by atomic mass is 9.91. The van der Waals surface area contributed by atoms with Gasteiger partial charge < -0.3 is 15.5 Å². The molecule has 10 nitrogen and oxygen atoms in total. The molecule has 0 aliphatic carbocycles. The van der Waals surface area contributed by atoms with E-state index in [0.29, 0.717) is 11.3 Å². The molecule has 172 valence electrons. The topological polar surface area (TPSA) is 134 Å². The number of nitro groups is 1. The summed E-state index contributed by atoms with van der Waals surface area (Å²) in [6.45, 7) is 3.36. The average molecular weight is 451 g/mol. The number of amides is 4. The van der Waals surface area contributed by atoms with Gasteiger partial charge in [0.1, 0.15) is 11.2 Å². The molecule has 2 fully saturated rings. The summed E-state index contributed by atoms with van der Waals surface area (Å²) in [5.41, 5.74) is 0.942. The van der Waals surface area contributed by atoms with E-state index in [0.717, 1.165) is 37.9 Å². The van der Waals surface area contributed by atoms with E-state index >= 15 is 0 Å². The monoisotopic (exact) mass is 451 g/mol. The molecule has 2 aliphatic rings. The Kier molecular flexibility index (Phi) is 5.99. The Balaban J connectivity index is 1.43. The van der Waals surface area contributed by atoms with Crippen LogP contribution in [0.3, 0.4) is 0 Å². The van der Waals surface area contributed by atoms with Gasteiger partial charge in [-0.25, -0.2) is 4.79 Å². The molecule has 0 saturated carbocycles. The zero-order valence-electron chi connectivity index (χ0n) is 18.2. The third-order valence-corrected chi connectivity index (χ3v) is 6.16. The van der Waals surface area contributed by atoms with Crippen molar-refractivity contribution in [1.82, 2.24) is 16.0 Å². The molecule has 1 atom stereocenters. The number of hydrogen-bond donors (Lipinski definition) is 3. The van der Waals surface area contributed by atoms with Gasteiger partial charge in [0.05, 0.1) is 4.92 Å². The molecular weight excluding hydrogens is 426 g/mol. The lowest BCUT2D eigenvalue weighted by Crippen LogP contribution is -2.40. The van der Waals surface area contributed by atoms with Crippen molar-refractivity contribution in [1.29, 1.82) is 0 Å². The number of nitro benzene ring substituents is 1. The minimum absolute atomic E-state index is 0.0703. The van der Waals surface area contributed by atoms with Crippen LogP contribution in [0.2, 0.25) is 0 Å². The largest absolute Gasteiger partial charge is 0.366 e. The normalized spacial score (nSPS) is 20.2. The van der Waals surface area contributed by atoms with E-state index in [1.165, 1.54) is 6.07 Å². The lowest BCUT2D eigenvalue weighted by molar-refractivity contribution is -0.384. The van der Waals surface area contributed by atoms with Crippen LogP contribution in [0.5, 0.6) is 0 Å². The van der Waals surface area contributed by atoms with E-state index < -0.39 is 28.3 Å². The second kappa shape index (κ2) is 8.89. The van der Waals surface area contributed by atoms with E-state index in [-0.39, 0.29) is 17.8 Å². The van der Waals surface area contributed by atoms with Crippen molar-refractivity contribution in [3.63, 3.8) is 0 Å². The van der Waals surface area contributed by atoms with E-state index in [9.17, 15) is 24.5 Å². The van der Waals surface area contributed by atoms with Gasteiger partial charge in [0, 0.05) is 31.3 Å². The highest BCUT2D eigenvalue weighted by atomic mass is 16.6. The predicted molar refractivity (Wildman–Crippen MR) is 121 cm³/mol. The van der Waals surface area contributed by atoms with Crippen LogP contribution in [0.1, 0.15) is 47.7 Å². The number of piperidine rings is 1. The Morgan fingerprint density at radius 3 is 2.42 bits per heavy atom. The van der Waals surface area contributed by atoms with Crippen molar-refractivity contribution >= 4 is 29.2 Å². The number of nitrogens with one attached hydrogen (secondary N) is 3. The fourth-order valence-electron chi connectivity index (χ4n) is 4.20. The molecule has 0 aromatic heterocycles. The maximum Gasteiger partial charge on any atom is 0.322 e. The first-order chi connectivity index (χ1) is 15.8. The molecule has 0 bridgehead atoms. The van der Waals surface area contributed by atoms with Gasteiger partial charge in [0.2, 0.25) is 0 Å². The van der Waals surface area contributed by atoms with E-state index in [1.807, 2.05) is 4.90 Å². The molecule has 10 heteroatoms. The molecule has 0 spiro atoms. The van der Waals surface area contributed by atoms with Crippen molar-refractivity contribution in [3.05, 3.63) is 69.3 Å². The Morgan fingerprint density at radius 1 is 1.12 bits per heavy atom. The highest BCUT2D eigenvalue weighted by molar-refractivity contribution is 6.07. The number of anilines is 1. The number of nitrogens with zero attached hydrogens (tertiary/aromatic N) is 2. The predicted octanol–water partition coefficient (Wildman–Crippen LogP) is 2.57. The van der Waals surface area contributed by atoms with Crippen LogP contribution < -0.4 is 20.9 Å². The second-order valence-electron chi connectivity index (χ2n) is 8.42. The molecule has 4 rings (SSSR count). The van der Waals surface area contributed by atoms with Gasteiger partial charge in [-0.15, -0.1) is 0 Å². The van der Waals surface area contributed by atoms with E-state index in [1.54, 1.807) is 43.3 Å². The summed E-state index contributed by atoms with van der Waals surface area (Å²) in [4.78, 5) is 49.3. The highest BCUT2D eigenvalue weighted by Gasteiger charge is 2.43. The highest BCUT2D eigenvalue weighted by Crippen LogP contribution is 2.31.